The lowest BCUT2D eigenvalue weighted by Gasteiger charge is -2.40. The summed E-state index contributed by atoms with van der Waals surface area (Å²) in [5.41, 5.74) is 6.68. The van der Waals surface area contributed by atoms with Crippen molar-refractivity contribution in [3.63, 3.8) is 0 Å². The van der Waals surface area contributed by atoms with Crippen molar-refractivity contribution in [2.24, 2.45) is 0 Å². The van der Waals surface area contributed by atoms with E-state index in [9.17, 15) is 14.7 Å². The minimum Gasteiger partial charge on any atom is -0.467 e. The van der Waals surface area contributed by atoms with E-state index < -0.39 is 24.3 Å². The summed E-state index contributed by atoms with van der Waals surface area (Å²) >= 11 is 0. The molecule has 2 aliphatic rings. The molecule has 7 rings (SSSR count). The average molecular weight is 757 g/mol. The highest BCUT2D eigenvalue weighted by Crippen LogP contribution is 2.39. The summed E-state index contributed by atoms with van der Waals surface area (Å²) < 4.78 is 18.2. The van der Waals surface area contributed by atoms with Crippen molar-refractivity contribution in [1.82, 2.24) is 25.5 Å². The van der Waals surface area contributed by atoms with E-state index in [1.54, 1.807) is 12.4 Å². The number of piperazine rings is 1. The number of aliphatic hydroxyl groups excluding tert-OH is 1. The first-order chi connectivity index (χ1) is 27.4. The van der Waals surface area contributed by atoms with Gasteiger partial charge in [0.05, 0.1) is 25.9 Å². The van der Waals surface area contributed by atoms with Crippen LogP contribution in [-0.4, -0.2) is 84.0 Å². The van der Waals surface area contributed by atoms with Crippen molar-refractivity contribution in [3.8, 4) is 11.1 Å². The SMILES string of the molecule is COC(=O)[C@H](Cc1ccccc1)NC(=O)NCc1cccc(-c2ccc([C@@H]3O[C@H](CN4CCN(c5ncccn5)CC4)C[C@H](c4ccc(CO)cc4)O3)cc2)c1. The third kappa shape index (κ3) is 10.1. The number of methoxy groups -OCH3 is 1. The number of anilines is 1. The number of aromatic nitrogens is 2. The van der Waals surface area contributed by atoms with Crippen LogP contribution < -0.4 is 15.5 Å². The summed E-state index contributed by atoms with van der Waals surface area (Å²) in [6.07, 6.45) is 3.80. The molecule has 2 aliphatic heterocycles. The molecule has 1 aromatic heterocycles. The zero-order valence-electron chi connectivity index (χ0n) is 31.5. The molecule has 2 amide bonds. The van der Waals surface area contributed by atoms with Gasteiger partial charge in [-0.2, -0.15) is 0 Å². The molecule has 2 fully saturated rings. The molecule has 3 heterocycles. The highest BCUT2D eigenvalue weighted by Gasteiger charge is 2.34. The van der Waals surface area contributed by atoms with Crippen LogP contribution in [-0.2, 0) is 38.6 Å². The molecule has 12 heteroatoms. The van der Waals surface area contributed by atoms with Crippen LogP contribution in [0.15, 0.2) is 122 Å². The second-order valence-corrected chi connectivity index (χ2v) is 14.1. The quantitative estimate of drug-likeness (QED) is 0.131. The fourth-order valence-electron chi connectivity index (χ4n) is 7.18. The Morgan fingerprint density at radius 2 is 1.52 bits per heavy atom. The molecule has 0 radical (unpaired) electrons. The topological polar surface area (TPSA) is 138 Å². The molecule has 12 nitrogen and oxygen atoms in total. The lowest BCUT2D eigenvalue weighted by atomic mass is 9.99. The maximum absolute atomic E-state index is 12.9. The molecule has 3 N–H and O–H groups in total. The summed E-state index contributed by atoms with van der Waals surface area (Å²) in [5, 5.41) is 15.2. The summed E-state index contributed by atoms with van der Waals surface area (Å²) in [6, 6.07) is 34.2. The Morgan fingerprint density at radius 1 is 0.804 bits per heavy atom. The van der Waals surface area contributed by atoms with Gasteiger partial charge in [0.15, 0.2) is 6.29 Å². The van der Waals surface area contributed by atoms with E-state index >= 15 is 0 Å². The molecular weight excluding hydrogens is 709 g/mol. The number of amides is 2. The van der Waals surface area contributed by atoms with Gasteiger partial charge >= 0.3 is 12.0 Å². The van der Waals surface area contributed by atoms with Gasteiger partial charge in [-0.25, -0.2) is 19.6 Å². The van der Waals surface area contributed by atoms with E-state index in [0.717, 1.165) is 77.6 Å². The number of urea groups is 1. The summed E-state index contributed by atoms with van der Waals surface area (Å²) in [5.74, 6) is 0.259. The minimum atomic E-state index is -0.812. The molecule has 4 atom stereocenters. The van der Waals surface area contributed by atoms with Crippen LogP contribution in [0.5, 0.6) is 0 Å². The summed E-state index contributed by atoms with van der Waals surface area (Å²) in [4.78, 5) is 38.8. The molecule has 0 bridgehead atoms. The molecule has 0 unspecified atom stereocenters. The number of nitrogens with zero attached hydrogens (tertiary/aromatic N) is 4. The average Bonchev–Trinajstić information content (AvgIpc) is 3.26. The van der Waals surface area contributed by atoms with Crippen molar-refractivity contribution in [2.75, 3.05) is 44.7 Å². The second-order valence-electron chi connectivity index (χ2n) is 14.1. The van der Waals surface area contributed by atoms with Crippen LogP contribution >= 0.6 is 0 Å². The Hall–Kier alpha value is -5.66. The van der Waals surface area contributed by atoms with Gasteiger partial charge in [-0.1, -0.05) is 97.1 Å². The number of ether oxygens (including phenoxy) is 3. The van der Waals surface area contributed by atoms with Gasteiger partial charge in [-0.05, 0) is 45.5 Å². The maximum atomic E-state index is 12.9. The predicted molar refractivity (Wildman–Crippen MR) is 212 cm³/mol. The van der Waals surface area contributed by atoms with Crippen LogP contribution in [0, 0.1) is 0 Å². The number of carbonyl (C=O) groups excluding carboxylic acids is 2. The molecule has 2 saturated heterocycles. The van der Waals surface area contributed by atoms with E-state index in [1.165, 1.54) is 7.11 Å². The fraction of sp³-hybridized carbons (Fsp3) is 0.318. The smallest absolute Gasteiger partial charge is 0.328 e. The Labute approximate surface area is 327 Å². The Morgan fingerprint density at radius 3 is 2.23 bits per heavy atom. The molecule has 0 aliphatic carbocycles. The van der Waals surface area contributed by atoms with Crippen molar-refractivity contribution < 1.29 is 28.9 Å². The number of benzene rings is 4. The summed E-state index contributed by atoms with van der Waals surface area (Å²) in [7, 11) is 1.31. The van der Waals surface area contributed by atoms with Crippen molar-refractivity contribution in [1.29, 1.82) is 0 Å². The van der Waals surface area contributed by atoms with Crippen molar-refractivity contribution in [3.05, 3.63) is 149 Å². The minimum absolute atomic E-state index is 0.00603. The monoisotopic (exact) mass is 756 g/mol. The van der Waals surface area contributed by atoms with E-state index in [2.05, 4.69) is 42.5 Å². The zero-order valence-corrected chi connectivity index (χ0v) is 31.5. The first kappa shape index (κ1) is 38.6. The van der Waals surface area contributed by atoms with Crippen LogP contribution in [0.1, 0.15) is 46.6 Å². The van der Waals surface area contributed by atoms with Gasteiger partial charge in [0.25, 0.3) is 0 Å². The lowest BCUT2D eigenvalue weighted by molar-refractivity contribution is -0.253. The number of hydrogen-bond acceptors (Lipinski definition) is 10. The molecule has 56 heavy (non-hydrogen) atoms. The standard InChI is InChI=1S/C44H48N6O6/c1-54-41(52)39(26-31-7-3-2-4-8-31)48-44(53)47-28-33-9-5-10-37(25-33)34-15-17-36(18-16-34)42-55-38(27-40(56-42)35-13-11-32(30-51)12-14-35)29-49-21-23-50(24-22-49)43-45-19-6-20-46-43/h2-20,25,38-40,42,51H,21-24,26-30H2,1H3,(H2,47,48,53)/t38-,39-,40+,42+/m0/s1. The second kappa shape index (κ2) is 18.8. The first-order valence-electron chi connectivity index (χ1n) is 19.0. The van der Waals surface area contributed by atoms with Gasteiger partial charge in [0, 0.05) is 70.1 Å². The molecule has 290 valence electrons. The van der Waals surface area contributed by atoms with Crippen molar-refractivity contribution >= 4 is 17.9 Å². The first-order valence-corrected chi connectivity index (χ1v) is 19.0. The zero-order chi connectivity index (χ0) is 38.7. The Bertz CT molecular complexity index is 2010. The van der Waals surface area contributed by atoms with Gasteiger partial charge in [0.1, 0.15) is 6.04 Å². The molecule has 5 aromatic rings. The van der Waals surface area contributed by atoms with E-state index in [4.69, 9.17) is 14.2 Å². The van der Waals surface area contributed by atoms with Crippen molar-refractivity contribution in [2.45, 2.75) is 50.5 Å². The highest BCUT2D eigenvalue weighted by molar-refractivity contribution is 5.83. The normalized spacial score (nSPS) is 19.2. The van der Waals surface area contributed by atoms with Gasteiger partial charge in [-0.15, -0.1) is 0 Å². The van der Waals surface area contributed by atoms with E-state index in [0.29, 0.717) is 12.8 Å². The van der Waals surface area contributed by atoms with E-state index in [1.807, 2.05) is 97.1 Å². The number of nitrogens with one attached hydrogen (secondary N) is 2. The van der Waals surface area contributed by atoms with Crippen LogP contribution in [0.4, 0.5) is 10.7 Å². The lowest BCUT2D eigenvalue weighted by Crippen LogP contribution is -2.50. The molecule has 0 saturated carbocycles. The van der Waals surface area contributed by atoms with Gasteiger partial charge in [0.2, 0.25) is 5.95 Å². The molecule has 0 spiro atoms. The predicted octanol–water partition coefficient (Wildman–Crippen LogP) is 5.59. The number of esters is 1. The van der Waals surface area contributed by atoms with Crippen LogP contribution in [0.2, 0.25) is 0 Å². The number of aliphatic hydroxyl groups is 1. The summed E-state index contributed by atoms with van der Waals surface area (Å²) in [6.45, 7) is 4.51. The van der Waals surface area contributed by atoms with Crippen LogP contribution in [0.3, 0.4) is 0 Å². The van der Waals surface area contributed by atoms with Gasteiger partial charge in [-0.3, -0.25) is 4.90 Å². The Kier molecular flexibility index (Phi) is 13.0. The molecule has 4 aromatic carbocycles. The fourth-order valence-corrected chi connectivity index (χ4v) is 7.18. The molecular formula is C44H48N6O6. The largest absolute Gasteiger partial charge is 0.467 e. The number of carbonyl (C=O) groups is 2. The highest BCUT2D eigenvalue weighted by atomic mass is 16.7. The van der Waals surface area contributed by atoms with Crippen LogP contribution in [0.25, 0.3) is 11.1 Å². The third-order valence-electron chi connectivity index (χ3n) is 10.3. The van der Waals surface area contributed by atoms with Gasteiger partial charge < -0.3 is 34.9 Å². The third-order valence-corrected chi connectivity index (χ3v) is 10.3. The van der Waals surface area contributed by atoms with E-state index in [-0.39, 0.29) is 25.4 Å². The Balaban J connectivity index is 0.988. The number of rotatable bonds is 13. The maximum Gasteiger partial charge on any atom is 0.328 e. The number of hydrogen-bond donors (Lipinski definition) is 3.